The molecule has 0 amide bonds. The molecule has 0 N–H and O–H groups in total. The Morgan fingerprint density at radius 1 is 0.548 bits per heavy atom. The molecule has 2 aromatic heterocycles. The number of anilines is 2. The van der Waals surface area contributed by atoms with Crippen LogP contribution in [-0.4, -0.2) is 87.8 Å². The molecule has 6 aromatic rings. The number of halogens is 6. The summed E-state index contributed by atoms with van der Waals surface area (Å²) in [5.41, 5.74) is 6.52. The molecule has 20 heteroatoms. The Hall–Kier alpha value is -3.06. The van der Waals surface area contributed by atoms with Crippen molar-refractivity contribution in [2.75, 3.05) is 62.2 Å². The van der Waals surface area contributed by atoms with Crippen LogP contribution in [0.2, 0.25) is 25.1 Å². The highest BCUT2D eigenvalue weighted by molar-refractivity contribution is 7.89. The molecule has 2 aliphatic heterocycles. The second-order valence-corrected chi connectivity index (χ2v) is 22.4. The van der Waals surface area contributed by atoms with Crippen LogP contribution in [0.15, 0.2) is 93.3 Å². The number of nitrogens with zero attached hydrogens (tertiary/aromatic N) is 6. The minimum absolute atomic E-state index is 0.0570. The zero-order chi connectivity index (χ0) is 44.3. The van der Waals surface area contributed by atoms with Gasteiger partial charge in [0.2, 0.25) is 20.0 Å². The summed E-state index contributed by atoms with van der Waals surface area (Å²) in [6.45, 7) is 7.82. The lowest BCUT2D eigenvalue weighted by atomic mass is 10.0. The summed E-state index contributed by atoms with van der Waals surface area (Å²) in [6.07, 6.45) is 1.34. The molecule has 10 nitrogen and oxygen atoms in total. The standard InChI is InChI=1S/C22H23Cl2N3O2S2.C20H17Cl3FN3O2S2/c1-15-9-16(2)11-17(10-15)12-19-14-30-22(25-19)26-5-7-27(8-6-26)31(28,29)21-4-3-18(23)13-20(21)24;21-14-2-4-19(17(23)11-14)31(28,29)27-7-5-26(6-8-27)20-25-15(12-30-20)9-13-1-3-18(24)16(22)10-13/h3-4,9-11,13-14H,5-8,12H2,1-2H3;1-4,10-12H,5-9H2. The molecular formula is C42H40Cl5FN6O4S4. The van der Waals surface area contributed by atoms with Crippen molar-refractivity contribution in [3.05, 3.63) is 148 Å². The third-order valence-electron chi connectivity index (χ3n) is 10.2. The molecule has 2 fully saturated rings. The van der Waals surface area contributed by atoms with Crippen LogP contribution in [0.4, 0.5) is 14.7 Å². The van der Waals surface area contributed by atoms with Gasteiger partial charge in [-0.2, -0.15) is 8.61 Å². The molecule has 4 aromatic carbocycles. The summed E-state index contributed by atoms with van der Waals surface area (Å²) >= 11 is 33.0. The summed E-state index contributed by atoms with van der Waals surface area (Å²) in [4.78, 5) is 13.8. The van der Waals surface area contributed by atoms with Gasteiger partial charge >= 0.3 is 0 Å². The third-order valence-corrected chi connectivity index (χ3v) is 17.6. The number of thiazole rings is 2. The normalized spacial score (nSPS) is 15.4. The van der Waals surface area contributed by atoms with Crippen molar-refractivity contribution >= 4 is 111 Å². The second kappa shape index (κ2) is 20.0. The fourth-order valence-corrected chi connectivity index (χ4v) is 13.5. The average Bonchev–Trinajstić information content (AvgIpc) is 3.89. The van der Waals surface area contributed by atoms with E-state index in [4.69, 9.17) is 63.0 Å². The SMILES string of the molecule is Cc1cc(C)cc(Cc2csc(N3CCN(S(=O)(=O)c4ccc(Cl)cc4Cl)CC3)n2)c1.O=S(=O)(c1ccc(Cl)cc1Cl)N1CCN(c2nc(Cc3ccc(F)c(Cl)c3)cs2)CC1. The molecule has 328 valence electrons. The summed E-state index contributed by atoms with van der Waals surface area (Å²) in [6, 6.07) is 20.0. The van der Waals surface area contributed by atoms with Crippen molar-refractivity contribution in [2.45, 2.75) is 36.5 Å². The van der Waals surface area contributed by atoms with Crippen molar-refractivity contribution in [1.29, 1.82) is 0 Å². The summed E-state index contributed by atoms with van der Waals surface area (Å²) in [5, 5.41) is 6.93. The molecule has 0 spiro atoms. The maximum atomic E-state index is 13.3. The monoisotopic (exact) mass is 1010 g/mol. The number of aromatic nitrogens is 2. The first kappa shape index (κ1) is 46.9. The van der Waals surface area contributed by atoms with Crippen molar-refractivity contribution in [1.82, 2.24) is 18.6 Å². The number of piperazine rings is 2. The van der Waals surface area contributed by atoms with E-state index in [1.54, 1.807) is 29.5 Å². The smallest absolute Gasteiger partial charge is 0.244 e. The van der Waals surface area contributed by atoms with Gasteiger partial charge in [-0.15, -0.1) is 22.7 Å². The van der Waals surface area contributed by atoms with E-state index >= 15 is 0 Å². The van der Waals surface area contributed by atoms with E-state index < -0.39 is 25.9 Å². The zero-order valence-electron chi connectivity index (χ0n) is 33.4. The molecular weight excluding hydrogens is 977 g/mol. The van der Waals surface area contributed by atoms with E-state index in [9.17, 15) is 21.2 Å². The van der Waals surface area contributed by atoms with Gasteiger partial charge in [-0.1, -0.05) is 93.4 Å². The quantitative estimate of drug-likeness (QED) is 0.134. The highest BCUT2D eigenvalue weighted by Gasteiger charge is 2.32. The number of aryl methyl sites for hydroxylation is 2. The van der Waals surface area contributed by atoms with Gasteiger partial charge in [0.05, 0.1) is 26.5 Å². The Kier molecular flexibility index (Phi) is 15.1. The lowest BCUT2D eigenvalue weighted by Gasteiger charge is -2.33. The fraction of sp³-hybridized carbons (Fsp3) is 0.286. The van der Waals surface area contributed by atoms with Crippen molar-refractivity contribution in [3.8, 4) is 0 Å². The van der Waals surface area contributed by atoms with Gasteiger partial charge in [-0.25, -0.2) is 31.2 Å². The lowest BCUT2D eigenvalue weighted by Crippen LogP contribution is -2.48. The van der Waals surface area contributed by atoms with E-state index in [0.717, 1.165) is 33.6 Å². The number of hydrogen-bond acceptors (Lipinski definition) is 10. The van der Waals surface area contributed by atoms with Crippen LogP contribution >= 0.6 is 80.7 Å². The lowest BCUT2D eigenvalue weighted by molar-refractivity contribution is 0.384. The highest BCUT2D eigenvalue weighted by atomic mass is 35.5. The Bertz CT molecular complexity index is 2770. The summed E-state index contributed by atoms with van der Waals surface area (Å²) in [5.74, 6) is -0.447. The van der Waals surface area contributed by atoms with Gasteiger partial charge < -0.3 is 9.80 Å². The largest absolute Gasteiger partial charge is 0.345 e. The van der Waals surface area contributed by atoms with E-state index in [2.05, 4.69) is 52.2 Å². The maximum absolute atomic E-state index is 13.3. The van der Waals surface area contributed by atoms with Crippen LogP contribution in [0.3, 0.4) is 0 Å². The minimum atomic E-state index is -3.70. The van der Waals surface area contributed by atoms with Gasteiger partial charge in [0.1, 0.15) is 15.6 Å². The van der Waals surface area contributed by atoms with Crippen molar-refractivity contribution < 1.29 is 21.2 Å². The van der Waals surface area contributed by atoms with Gasteiger partial charge in [0, 0.05) is 86.0 Å². The average molecular weight is 1020 g/mol. The van der Waals surface area contributed by atoms with Crippen LogP contribution in [0, 0.1) is 19.7 Å². The molecule has 8 rings (SSSR count). The van der Waals surface area contributed by atoms with Crippen LogP contribution < -0.4 is 9.80 Å². The maximum Gasteiger partial charge on any atom is 0.244 e. The Morgan fingerprint density at radius 2 is 0.984 bits per heavy atom. The van der Waals surface area contributed by atoms with Crippen LogP contribution in [0.5, 0.6) is 0 Å². The van der Waals surface area contributed by atoms with Crippen molar-refractivity contribution in [3.63, 3.8) is 0 Å². The Balaban J connectivity index is 0.000000186. The van der Waals surface area contributed by atoms with E-state index in [1.165, 1.54) is 73.0 Å². The first-order valence-corrected chi connectivity index (χ1v) is 25.8. The molecule has 0 bridgehead atoms. The van der Waals surface area contributed by atoms with E-state index in [1.807, 2.05) is 5.38 Å². The predicted octanol–water partition coefficient (Wildman–Crippen LogP) is 10.5. The first-order chi connectivity index (χ1) is 29.5. The number of benzene rings is 4. The molecule has 4 heterocycles. The zero-order valence-corrected chi connectivity index (χ0v) is 40.4. The molecule has 0 unspecified atom stereocenters. The third kappa shape index (κ3) is 11.2. The van der Waals surface area contributed by atoms with Crippen LogP contribution in [-0.2, 0) is 32.9 Å². The Labute approximate surface area is 394 Å². The van der Waals surface area contributed by atoms with Gasteiger partial charge in [-0.05, 0) is 73.5 Å². The number of rotatable bonds is 10. The molecule has 0 atom stereocenters. The van der Waals surface area contributed by atoms with Crippen LogP contribution in [0.1, 0.15) is 33.6 Å². The molecule has 0 aliphatic carbocycles. The van der Waals surface area contributed by atoms with Crippen LogP contribution in [0.25, 0.3) is 0 Å². The first-order valence-electron chi connectivity index (χ1n) is 19.3. The Morgan fingerprint density at radius 3 is 1.40 bits per heavy atom. The molecule has 2 saturated heterocycles. The van der Waals surface area contributed by atoms with Gasteiger partial charge in [-0.3, -0.25) is 0 Å². The fourth-order valence-electron chi connectivity index (χ4n) is 7.17. The summed E-state index contributed by atoms with van der Waals surface area (Å²) < 4.78 is 68.1. The second-order valence-electron chi connectivity index (χ2n) is 14.8. The van der Waals surface area contributed by atoms with Gasteiger partial charge in [0.15, 0.2) is 10.3 Å². The van der Waals surface area contributed by atoms with Crippen molar-refractivity contribution in [2.24, 2.45) is 0 Å². The topological polar surface area (TPSA) is 107 Å². The summed E-state index contributed by atoms with van der Waals surface area (Å²) in [7, 11) is -7.36. The minimum Gasteiger partial charge on any atom is -0.345 e. The van der Waals surface area contributed by atoms with Gasteiger partial charge in [0.25, 0.3) is 0 Å². The van der Waals surface area contributed by atoms with E-state index in [0.29, 0.717) is 68.8 Å². The molecule has 2 aliphatic rings. The number of sulfonamides is 2. The van der Waals surface area contributed by atoms with E-state index in [-0.39, 0.29) is 24.9 Å². The predicted molar refractivity (Wildman–Crippen MR) is 252 cm³/mol. The number of hydrogen-bond donors (Lipinski definition) is 0. The molecule has 0 saturated carbocycles. The molecule has 62 heavy (non-hydrogen) atoms. The molecule has 0 radical (unpaired) electrons. The highest BCUT2D eigenvalue weighted by Crippen LogP contribution is 2.32.